The first-order chi connectivity index (χ1) is 9.66. The van der Waals surface area contributed by atoms with Gasteiger partial charge < -0.3 is 9.64 Å². The third kappa shape index (κ3) is 2.34. The zero-order valence-electron chi connectivity index (χ0n) is 11.6. The van der Waals surface area contributed by atoms with Crippen molar-refractivity contribution >= 4 is 17.4 Å². The molecule has 0 spiro atoms. The maximum Gasteiger partial charge on any atom is 0.299 e. The van der Waals surface area contributed by atoms with Gasteiger partial charge in [0.15, 0.2) is 0 Å². The second-order valence-corrected chi connectivity index (χ2v) is 5.26. The molecule has 1 amide bonds. The van der Waals surface area contributed by atoms with Crippen LogP contribution in [0.1, 0.15) is 15.9 Å². The van der Waals surface area contributed by atoms with E-state index in [1.165, 1.54) is 0 Å². The third-order valence-electron chi connectivity index (χ3n) is 3.87. The van der Waals surface area contributed by atoms with Crippen molar-refractivity contribution < 1.29 is 14.3 Å². The molecule has 0 unspecified atom stereocenters. The topological polar surface area (TPSA) is 49.9 Å². The first kappa shape index (κ1) is 13.3. The molecule has 2 aliphatic rings. The Hall–Kier alpha value is -1.72. The van der Waals surface area contributed by atoms with Gasteiger partial charge in [-0.3, -0.25) is 14.5 Å². The maximum atomic E-state index is 12.1. The van der Waals surface area contributed by atoms with Crippen molar-refractivity contribution in [1.29, 1.82) is 0 Å². The number of carbonyl (C=O) groups is 2. The van der Waals surface area contributed by atoms with Crippen molar-refractivity contribution in [3.63, 3.8) is 0 Å². The monoisotopic (exact) mass is 274 g/mol. The Balaban J connectivity index is 1.74. The number of benzene rings is 1. The minimum Gasteiger partial charge on any atom is -0.379 e. The van der Waals surface area contributed by atoms with Crippen molar-refractivity contribution in [3.8, 4) is 0 Å². The molecule has 2 heterocycles. The van der Waals surface area contributed by atoms with Gasteiger partial charge in [-0.2, -0.15) is 0 Å². The van der Waals surface area contributed by atoms with E-state index in [1.54, 1.807) is 11.0 Å². The van der Waals surface area contributed by atoms with Gasteiger partial charge in [0, 0.05) is 26.2 Å². The van der Waals surface area contributed by atoms with Crippen LogP contribution < -0.4 is 4.90 Å². The number of carbonyl (C=O) groups excluding carboxylic acids is 2. The Bertz CT molecular complexity index is 550. The van der Waals surface area contributed by atoms with Crippen molar-refractivity contribution in [2.45, 2.75) is 6.92 Å². The summed E-state index contributed by atoms with van der Waals surface area (Å²) in [7, 11) is 0. The normalized spacial score (nSPS) is 19.6. The molecule has 0 aromatic heterocycles. The molecule has 5 heteroatoms. The second kappa shape index (κ2) is 5.34. The molecule has 5 nitrogen and oxygen atoms in total. The van der Waals surface area contributed by atoms with E-state index in [2.05, 4.69) is 4.90 Å². The summed E-state index contributed by atoms with van der Waals surface area (Å²) in [6.07, 6.45) is 0. The molecule has 106 valence electrons. The number of aryl methyl sites for hydroxylation is 1. The van der Waals surface area contributed by atoms with Crippen molar-refractivity contribution in [2.24, 2.45) is 0 Å². The highest BCUT2D eigenvalue weighted by atomic mass is 16.5. The molecule has 0 aliphatic carbocycles. The van der Waals surface area contributed by atoms with Crippen LogP contribution in [0, 0.1) is 6.92 Å². The predicted octanol–water partition coefficient (Wildman–Crippen LogP) is 0.857. The van der Waals surface area contributed by atoms with Gasteiger partial charge >= 0.3 is 0 Å². The summed E-state index contributed by atoms with van der Waals surface area (Å²) in [5, 5.41) is 0. The van der Waals surface area contributed by atoms with E-state index < -0.39 is 5.91 Å². The van der Waals surface area contributed by atoms with Gasteiger partial charge in [-0.1, -0.05) is 11.6 Å². The molecule has 0 saturated carbocycles. The van der Waals surface area contributed by atoms with E-state index in [-0.39, 0.29) is 5.78 Å². The molecule has 0 N–H and O–H groups in total. The molecule has 2 aliphatic heterocycles. The fourth-order valence-corrected chi connectivity index (χ4v) is 2.70. The van der Waals surface area contributed by atoms with Crippen LogP contribution in [-0.4, -0.2) is 56.0 Å². The number of ketones is 1. The van der Waals surface area contributed by atoms with E-state index in [4.69, 9.17) is 4.74 Å². The highest BCUT2D eigenvalue weighted by Gasteiger charge is 2.35. The van der Waals surface area contributed by atoms with Gasteiger partial charge in [0.25, 0.3) is 11.7 Å². The molecule has 1 aromatic rings. The Morgan fingerprint density at radius 2 is 1.90 bits per heavy atom. The van der Waals surface area contributed by atoms with Crippen molar-refractivity contribution in [1.82, 2.24) is 4.90 Å². The zero-order chi connectivity index (χ0) is 14.1. The van der Waals surface area contributed by atoms with Gasteiger partial charge in [-0.25, -0.2) is 0 Å². The Morgan fingerprint density at radius 1 is 1.15 bits per heavy atom. The van der Waals surface area contributed by atoms with Crippen LogP contribution in [-0.2, 0) is 9.53 Å². The third-order valence-corrected chi connectivity index (χ3v) is 3.87. The lowest BCUT2D eigenvalue weighted by atomic mass is 10.1. The Kier molecular flexibility index (Phi) is 3.54. The molecule has 1 fully saturated rings. The largest absolute Gasteiger partial charge is 0.379 e. The molecule has 1 aromatic carbocycles. The van der Waals surface area contributed by atoms with E-state index in [0.717, 1.165) is 44.1 Å². The Labute approximate surface area is 118 Å². The fourth-order valence-electron chi connectivity index (χ4n) is 2.70. The lowest BCUT2D eigenvalue weighted by Gasteiger charge is -2.28. The van der Waals surface area contributed by atoms with Gasteiger partial charge in [0.05, 0.1) is 24.5 Å². The van der Waals surface area contributed by atoms with Crippen molar-refractivity contribution in [2.75, 3.05) is 44.3 Å². The lowest BCUT2D eigenvalue weighted by Crippen LogP contribution is -2.42. The summed E-state index contributed by atoms with van der Waals surface area (Å²) in [5.41, 5.74) is 2.29. The minimum atomic E-state index is -0.404. The number of rotatable bonds is 3. The number of ether oxygens (including phenoxy) is 1. The number of Topliss-reactive ketones (excluding diaryl/α,β-unsaturated/α-hetero) is 1. The molecular weight excluding hydrogens is 256 g/mol. The SMILES string of the molecule is Cc1ccc2c(c1)C(=O)C(=O)N2CCN1CCOCC1. The first-order valence-electron chi connectivity index (χ1n) is 6.94. The van der Waals surface area contributed by atoms with Gasteiger partial charge in [-0.05, 0) is 19.1 Å². The first-order valence-corrected chi connectivity index (χ1v) is 6.94. The summed E-state index contributed by atoms with van der Waals surface area (Å²) in [5.74, 6) is -0.787. The molecule has 0 atom stereocenters. The molecular formula is C15H18N2O3. The number of morpholine rings is 1. The van der Waals surface area contributed by atoms with E-state index in [1.807, 2.05) is 19.1 Å². The number of nitrogens with zero attached hydrogens (tertiary/aromatic N) is 2. The lowest BCUT2D eigenvalue weighted by molar-refractivity contribution is -0.114. The van der Waals surface area contributed by atoms with Gasteiger partial charge in [0.2, 0.25) is 0 Å². The molecule has 1 saturated heterocycles. The number of amides is 1. The van der Waals surface area contributed by atoms with Gasteiger partial charge in [-0.15, -0.1) is 0 Å². The second-order valence-electron chi connectivity index (χ2n) is 5.26. The van der Waals surface area contributed by atoms with Crippen LogP contribution in [0.15, 0.2) is 18.2 Å². The average molecular weight is 274 g/mol. The van der Waals surface area contributed by atoms with Crippen LogP contribution in [0.4, 0.5) is 5.69 Å². The number of anilines is 1. The smallest absolute Gasteiger partial charge is 0.299 e. The quantitative estimate of drug-likeness (QED) is 0.767. The van der Waals surface area contributed by atoms with Crippen LogP contribution in [0.2, 0.25) is 0 Å². The minimum absolute atomic E-state index is 0.384. The molecule has 0 bridgehead atoms. The highest BCUT2D eigenvalue weighted by molar-refractivity contribution is 6.52. The van der Waals surface area contributed by atoms with Crippen molar-refractivity contribution in [3.05, 3.63) is 29.3 Å². The summed E-state index contributed by atoms with van der Waals surface area (Å²) in [6, 6.07) is 5.60. The summed E-state index contributed by atoms with van der Waals surface area (Å²) in [4.78, 5) is 27.9. The van der Waals surface area contributed by atoms with Crippen LogP contribution in [0.5, 0.6) is 0 Å². The summed E-state index contributed by atoms with van der Waals surface area (Å²) < 4.78 is 5.30. The molecule has 3 rings (SSSR count). The van der Waals surface area contributed by atoms with E-state index in [0.29, 0.717) is 12.1 Å². The standard InChI is InChI=1S/C15H18N2O3/c1-11-2-3-13-12(10-11)14(18)15(19)17(13)5-4-16-6-8-20-9-7-16/h2-3,10H,4-9H2,1H3. The zero-order valence-corrected chi connectivity index (χ0v) is 11.6. The number of hydrogen-bond acceptors (Lipinski definition) is 4. The average Bonchev–Trinajstić information content (AvgIpc) is 2.70. The van der Waals surface area contributed by atoms with Crippen LogP contribution in [0.3, 0.4) is 0 Å². The number of hydrogen-bond donors (Lipinski definition) is 0. The van der Waals surface area contributed by atoms with E-state index >= 15 is 0 Å². The highest BCUT2D eigenvalue weighted by Crippen LogP contribution is 2.29. The fraction of sp³-hybridized carbons (Fsp3) is 0.467. The molecule has 0 radical (unpaired) electrons. The van der Waals surface area contributed by atoms with Crippen LogP contribution >= 0.6 is 0 Å². The van der Waals surface area contributed by atoms with E-state index in [9.17, 15) is 9.59 Å². The van der Waals surface area contributed by atoms with Crippen LogP contribution in [0.25, 0.3) is 0 Å². The predicted molar refractivity (Wildman–Crippen MR) is 75.1 cm³/mol. The molecule has 20 heavy (non-hydrogen) atoms. The van der Waals surface area contributed by atoms with Gasteiger partial charge in [0.1, 0.15) is 0 Å². The number of fused-ring (bicyclic) bond motifs is 1. The summed E-state index contributed by atoms with van der Waals surface area (Å²) >= 11 is 0. The summed E-state index contributed by atoms with van der Waals surface area (Å²) in [6.45, 7) is 6.50. The Morgan fingerprint density at radius 3 is 2.65 bits per heavy atom. The maximum absolute atomic E-state index is 12.1.